The highest BCUT2D eigenvalue weighted by atomic mass is 32.1. The molecule has 0 saturated heterocycles. The van der Waals surface area contributed by atoms with Gasteiger partial charge in [-0.2, -0.15) is 5.26 Å². The first kappa shape index (κ1) is 18.1. The highest BCUT2D eigenvalue weighted by molar-refractivity contribution is 7.19. The summed E-state index contributed by atoms with van der Waals surface area (Å²) in [6.45, 7) is -0.0419. The molecule has 0 spiro atoms. The summed E-state index contributed by atoms with van der Waals surface area (Å²) in [6.07, 6.45) is 8.95. The molecule has 8 heteroatoms. The van der Waals surface area contributed by atoms with E-state index in [1.165, 1.54) is 10.5 Å². The van der Waals surface area contributed by atoms with Crippen molar-refractivity contribution in [1.82, 2.24) is 20.5 Å². The van der Waals surface area contributed by atoms with Crippen molar-refractivity contribution in [3.05, 3.63) is 58.8 Å². The molecule has 0 aliphatic heterocycles. The fraction of sp³-hybridized carbons (Fsp3) is 0.250. The maximum atomic E-state index is 11.6. The fourth-order valence-corrected chi connectivity index (χ4v) is 4.05. The van der Waals surface area contributed by atoms with Crippen LogP contribution >= 0.6 is 11.3 Å². The van der Waals surface area contributed by atoms with Crippen molar-refractivity contribution in [1.29, 1.82) is 5.26 Å². The molecule has 0 bridgehead atoms. The number of carbonyl (C=O) groups excluding carboxylic acids is 1. The number of carbonyl (C=O) groups is 1. The number of nitriles is 1. The molecule has 1 aliphatic carbocycles. The number of allylic oxidation sites excluding steroid dienone is 4. The molecule has 0 aromatic carbocycles. The van der Waals surface area contributed by atoms with Gasteiger partial charge >= 0.3 is 0 Å². The molecule has 7 nitrogen and oxygen atoms in total. The Morgan fingerprint density at radius 3 is 3.04 bits per heavy atom. The standard InChI is InChI=1S/C20H17N5O2S/c21-8-9-22-17(26)12-19-25-24-18(27-19)11-15-7-6-14-10-16(28-20(14)23-15)13-4-2-1-3-5-13/h1-2,4,6-7,10H,3,5,9,11-12H2,(H,22,26). The van der Waals surface area contributed by atoms with Gasteiger partial charge in [0, 0.05) is 10.3 Å². The van der Waals surface area contributed by atoms with Gasteiger partial charge in [0.2, 0.25) is 17.7 Å². The van der Waals surface area contributed by atoms with Gasteiger partial charge in [-0.3, -0.25) is 4.79 Å². The zero-order valence-electron chi connectivity index (χ0n) is 15.0. The van der Waals surface area contributed by atoms with Crippen molar-refractivity contribution in [2.75, 3.05) is 6.54 Å². The summed E-state index contributed by atoms with van der Waals surface area (Å²) in [6, 6.07) is 8.05. The van der Waals surface area contributed by atoms with Gasteiger partial charge in [-0.15, -0.1) is 21.5 Å². The summed E-state index contributed by atoms with van der Waals surface area (Å²) in [4.78, 5) is 18.6. The second-order valence-electron chi connectivity index (χ2n) is 6.34. The van der Waals surface area contributed by atoms with Crippen LogP contribution in [0.15, 0.2) is 40.8 Å². The minimum atomic E-state index is -0.325. The SMILES string of the molecule is N#CCNC(=O)Cc1nnc(Cc2ccc3cc(C4=CC=CCC4)sc3n2)o1. The minimum Gasteiger partial charge on any atom is -0.424 e. The van der Waals surface area contributed by atoms with Crippen molar-refractivity contribution >= 4 is 33.0 Å². The summed E-state index contributed by atoms with van der Waals surface area (Å²) in [5.74, 6) is 0.309. The van der Waals surface area contributed by atoms with Crippen LogP contribution in [-0.2, 0) is 17.6 Å². The number of rotatable bonds is 6. The van der Waals surface area contributed by atoms with E-state index >= 15 is 0 Å². The lowest BCUT2D eigenvalue weighted by atomic mass is 10.0. The Kier molecular flexibility index (Phi) is 5.26. The molecule has 3 aromatic rings. The van der Waals surface area contributed by atoms with Crippen molar-refractivity contribution in [2.45, 2.75) is 25.7 Å². The molecule has 0 atom stereocenters. The van der Waals surface area contributed by atoms with Crippen LogP contribution in [0.2, 0.25) is 0 Å². The number of nitrogens with one attached hydrogen (secondary N) is 1. The fourth-order valence-electron chi connectivity index (χ4n) is 2.94. The zero-order valence-corrected chi connectivity index (χ0v) is 15.8. The number of hydrogen-bond acceptors (Lipinski definition) is 7. The zero-order chi connectivity index (χ0) is 19.3. The highest BCUT2D eigenvalue weighted by Gasteiger charge is 2.13. The molecular formula is C20H17N5O2S. The van der Waals surface area contributed by atoms with E-state index in [0.29, 0.717) is 12.3 Å². The van der Waals surface area contributed by atoms with Crippen LogP contribution in [-0.4, -0.2) is 27.6 Å². The van der Waals surface area contributed by atoms with Crippen LogP contribution in [0.3, 0.4) is 0 Å². The van der Waals surface area contributed by atoms with Crippen LogP contribution in [0.1, 0.15) is 35.2 Å². The Bertz CT molecular complexity index is 1120. The first-order valence-electron chi connectivity index (χ1n) is 8.92. The number of aromatic nitrogens is 3. The van der Waals surface area contributed by atoms with Crippen LogP contribution in [0, 0.1) is 11.3 Å². The Labute approximate surface area is 165 Å². The first-order valence-corrected chi connectivity index (χ1v) is 9.73. The molecular weight excluding hydrogens is 374 g/mol. The molecule has 28 heavy (non-hydrogen) atoms. The van der Waals surface area contributed by atoms with Gasteiger partial charge in [-0.05, 0) is 30.5 Å². The predicted octanol–water partition coefficient (Wildman–Crippen LogP) is 3.19. The topological polar surface area (TPSA) is 105 Å². The minimum absolute atomic E-state index is 0.0419. The Morgan fingerprint density at radius 2 is 2.21 bits per heavy atom. The third-order valence-electron chi connectivity index (χ3n) is 4.29. The molecule has 4 rings (SSSR count). The largest absolute Gasteiger partial charge is 0.424 e. The van der Waals surface area contributed by atoms with E-state index in [4.69, 9.17) is 14.7 Å². The van der Waals surface area contributed by atoms with Gasteiger partial charge in [-0.1, -0.05) is 24.3 Å². The van der Waals surface area contributed by atoms with Crippen LogP contribution in [0.25, 0.3) is 15.8 Å². The van der Waals surface area contributed by atoms with E-state index in [1.807, 2.05) is 12.1 Å². The first-order chi connectivity index (χ1) is 13.7. The summed E-state index contributed by atoms with van der Waals surface area (Å²) in [5, 5.41) is 19.9. The quantitative estimate of drug-likeness (QED) is 0.647. The molecule has 1 amide bonds. The maximum absolute atomic E-state index is 11.6. The lowest BCUT2D eigenvalue weighted by Gasteiger charge is -2.05. The smallest absolute Gasteiger partial charge is 0.230 e. The van der Waals surface area contributed by atoms with Gasteiger partial charge < -0.3 is 9.73 Å². The second-order valence-corrected chi connectivity index (χ2v) is 7.37. The van der Waals surface area contributed by atoms with Crippen molar-refractivity contribution in [3.8, 4) is 6.07 Å². The molecule has 1 aliphatic rings. The average Bonchev–Trinajstić information content (AvgIpc) is 3.33. The molecule has 0 radical (unpaired) electrons. The molecule has 140 valence electrons. The third-order valence-corrected chi connectivity index (χ3v) is 5.41. The van der Waals surface area contributed by atoms with E-state index in [-0.39, 0.29) is 24.8 Å². The van der Waals surface area contributed by atoms with Crippen molar-refractivity contribution in [2.24, 2.45) is 0 Å². The van der Waals surface area contributed by atoms with Crippen LogP contribution < -0.4 is 5.32 Å². The summed E-state index contributed by atoms with van der Waals surface area (Å²) < 4.78 is 5.53. The van der Waals surface area contributed by atoms with E-state index in [9.17, 15) is 4.79 Å². The normalized spacial score (nSPS) is 13.3. The van der Waals surface area contributed by atoms with E-state index < -0.39 is 0 Å². The molecule has 0 saturated carbocycles. The van der Waals surface area contributed by atoms with Gasteiger partial charge in [-0.25, -0.2) is 4.98 Å². The van der Waals surface area contributed by atoms with E-state index in [1.54, 1.807) is 11.3 Å². The summed E-state index contributed by atoms with van der Waals surface area (Å²) in [7, 11) is 0. The monoisotopic (exact) mass is 391 g/mol. The Morgan fingerprint density at radius 1 is 1.32 bits per heavy atom. The molecule has 3 aromatic heterocycles. The molecule has 0 unspecified atom stereocenters. The number of pyridine rings is 1. The number of amides is 1. The van der Waals surface area contributed by atoms with Gasteiger partial charge in [0.25, 0.3) is 0 Å². The molecule has 0 fully saturated rings. The van der Waals surface area contributed by atoms with Gasteiger partial charge in [0.15, 0.2) is 0 Å². The highest BCUT2D eigenvalue weighted by Crippen LogP contribution is 2.33. The Balaban J connectivity index is 1.46. The summed E-state index contributed by atoms with van der Waals surface area (Å²) in [5.41, 5.74) is 2.19. The lowest BCUT2D eigenvalue weighted by molar-refractivity contribution is -0.120. The lowest BCUT2D eigenvalue weighted by Crippen LogP contribution is -2.25. The molecule has 1 N–H and O–H groups in total. The maximum Gasteiger partial charge on any atom is 0.230 e. The summed E-state index contributed by atoms with van der Waals surface area (Å²) >= 11 is 1.69. The number of thiophene rings is 1. The predicted molar refractivity (Wildman–Crippen MR) is 105 cm³/mol. The third kappa shape index (κ3) is 4.15. The second kappa shape index (κ2) is 8.15. The number of fused-ring (bicyclic) bond motifs is 1. The van der Waals surface area contributed by atoms with Crippen molar-refractivity contribution in [3.63, 3.8) is 0 Å². The van der Waals surface area contributed by atoms with Crippen LogP contribution in [0.4, 0.5) is 0 Å². The average molecular weight is 391 g/mol. The molecule has 3 heterocycles. The van der Waals surface area contributed by atoms with Crippen LogP contribution in [0.5, 0.6) is 0 Å². The number of hydrogen-bond donors (Lipinski definition) is 1. The Hall–Kier alpha value is -3.31. The number of nitrogens with zero attached hydrogens (tertiary/aromatic N) is 4. The van der Waals surface area contributed by atoms with E-state index in [2.05, 4.69) is 45.9 Å². The van der Waals surface area contributed by atoms with Gasteiger partial charge in [0.1, 0.15) is 17.8 Å². The van der Waals surface area contributed by atoms with E-state index in [0.717, 1.165) is 28.8 Å². The van der Waals surface area contributed by atoms with Crippen molar-refractivity contribution < 1.29 is 9.21 Å². The van der Waals surface area contributed by atoms with Gasteiger partial charge in [0.05, 0.1) is 18.2 Å².